The van der Waals surface area contributed by atoms with E-state index in [1.165, 1.54) is 13.0 Å². The van der Waals surface area contributed by atoms with Crippen LogP contribution in [-0.2, 0) is 14.3 Å². The molecule has 5 aliphatic rings. The van der Waals surface area contributed by atoms with Crippen molar-refractivity contribution in [3.63, 3.8) is 0 Å². The van der Waals surface area contributed by atoms with Crippen LogP contribution in [-0.4, -0.2) is 83.6 Å². The third-order valence-electron chi connectivity index (χ3n) is 11.8. The number of aliphatic hydroxyl groups is 6. The Hall–Kier alpha value is -1.62. The van der Waals surface area contributed by atoms with Gasteiger partial charge in [0.05, 0.1) is 23.7 Å². The Morgan fingerprint density at radius 3 is 2.41 bits per heavy atom. The van der Waals surface area contributed by atoms with E-state index in [9.17, 15) is 40.2 Å². The van der Waals surface area contributed by atoms with Gasteiger partial charge in [-0.15, -0.1) is 0 Å². The number of cyclic esters (lactones) is 1. The second kappa shape index (κ2) is 7.96. The summed E-state index contributed by atoms with van der Waals surface area (Å²) >= 11 is 0. The van der Waals surface area contributed by atoms with Crippen LogP contribution in [0.1, 0.15) is 72.6 Å². The molecular weight excluding hydrogens is 480 g/mol. The summed E-state index contributed by atoms with van der Waals surface area (Å²) in [7, 11) is 0. The second-order valence-electron chi connectivity index (χ2n) is 12.8. The van der Waals surface area contributed by atoms with E-state index in [0.29, 0.717) is 12.0 Å². The van der Waals surface area contributed by atoms with Crippen molar-refractivity contribution >= 4 is 11.8 Å². The molecule has 37 heavy (non-hydrogen) atoms. The molecule has 1 aliphatic heterocycles. The summed E-state index contributed by atoms with van der Waals surface area (Å²) in [6.45, 7) is 5.98. The summed E-state index contributed by atoms with van der Waals surface area (Å²) in [5.41, 5.74) is -8.94. The smallest absolute Gasteiger partial charge is 0.334 e. The lowest BCUT2D eigenvalue weighted by molar-refractivity contribution is -0.301. The summed E-state index contributed by atoms with van der Waals surface area (Å²) in [5, 5.41) is 69.1. The van der Waals surface area contributed by atoms with Crippen LogP contribution >= 0.6 is 0 Å². The number of allylic oxidation sites excluding steroid dienone is 1. The monoisotopic (exact) mass is 520 g/mol. The first-order valence-electron chi connectivity index (χ1n) is 13.3. The van der Waals surface area contributed by atoms with Crippen LogP contribution in [0, 0.1) is 22.7 Å². The molecule has 3 fully saturated rings. The Kier molecular flexibility index (Phi) is 5.80. The van der Waals surface area contributed by atoms with Crippen molar-refractivity contribution in [1.82, 2.24) is 0 Å². The summed E-state index contributed by atoms with van der Waals surface area (Å²) in [4.78, 5) is 25.7. The minimum atomic E-state index is -1.98. The average molecular weight is 521 g/mol. The van der Waals surface area contributed by atoms with Gasteiger partial charge in [-0.1, -0.05) is 13.0 Å². The molecule has 206 valence electrons. The van der Waals surface area contributed by atoms with E-state index in [-0.39, 0.29) is 56.5 Å². The Labute approximate surface area is 216 Å². The zero-order chi connectivity index (χ0) is 27.4. The van der Waals surface area contributed by atoms with E-state index in [0.717, 1.165) is 0 Å². The first kappa shape index (κ1) is 27.0. The predicted octanol–water partition coefficient (Wildman–Crippen LogP) is 0.681. The van der Waals surface area contributed by atoms with Gasteiger partial charge in [0.15, 0.2) is 5.78 Å². The van der Waals surface area contributed by atoms with Gasteiger partial charge in [-0.05, 0) is 82.8 Å². The third kappa shape index (κ3) is 2.96. The van der Waals surface area contributed by atoms with Gasteiger partial charge in [0.1, 0.15) is 22.9 Å². The largest absolute Gasteiger partial charge is 0.455 e. The fourth-order valence-electron chi connectivity index (χ4n) is 9.05. The maximum Gasteiger partial charge on any atom is 0.334 e. The number of ketones is 1. The van der Waals surface area contributed by atoms with E-state index in [4.69, 9.17) is 4.74 Å². The second-order valence-corrected chi connectivity index (χ2v) is 12.8. The van der Waals surface area contributed by atoms with Crippen LogP contribution in [0.2, 0.25) is 0 Å². The summed E-state index contributed by atoms with van der Waals surface area (Å²) in [6.07, 6.45) is 1.62. The Morgan fingerprint density at radius 1 is 1.08 bits per heavy atom. The van der Waals surface area contributed by atoms with Gasteiger partial charge in [-0.3, -0.25) is 4.79 Å². The molecule has 0 radical (unpaired) electrons. The summed E-state index contributed by atoms with van der Waals surface area (Å²) in [6, 6.07) is 0. The van der Waals surface area contributed by atoms with Crippen molar-refractivity contribution in [2.45, 2.75) is 107 Å². The molecule has 9 nitrogen and oxygen atoms in total. The van der Waals surface area contributed by atoms with Crippen molar-refractivity contribution in [3.05, 3.63) is 23.3 Å². The van der Waals surface area contributed by atoms with E-state index >= 15 is 0 Å². The number of esters is 1. The molecule has 4 aliphatic carbocycles. The lowest BCUT2D eigenvalue weighted by atomic mass is 9.41. The van der Waals surface area contributed by atoms with Crippen LogP contribution in [0.25, 0.3) is 0 Å². The quantitative estimate of drug-likeness (QED) is 0.294. The molecule has 9 heteroatoms. The molecule has 0 spiro atoms. The number of rotatable bonds is 3. The molecule has 0 saturated heterocycles. The minimum Gasteiger partial charge on any atom is -0.455 e. The molecule has 3 saturated carbocycles. The molecule has 6 N–H and O–H groups in total. The highest BCUT2D eigenvalue weighted by Gasteiger charge is 2.78. The van der Waals surface area contributed by atoms with Gasteiger partial charge in [-0.25, -0.2) is 4.79 Å². The van der Waals surface area contributed by atoms with E-state index in [1.807, 2.05) is 0 Å². The van der Waals surface area contributed by atoms with Crippen LogP contribution in [0.5, 0.6) is 0 Å². The predicted molar refractivity (Wildman–Crippen MR) is 131 cm³/mol. The maximum absolute atomic E-state index is 13.2. The average Bonchev–Trinajstić information content (AvgIpc) is 3.06. The lowest BCUT2D eigenvalue weighted by Gasteiger charge is -2.66. The normalized spacial score (nSPS) is 51.2. The zero-order valence-corrected chi connectivity index (χ0v) is 22.0. The van der Waals surface area contributed by atoms with Gasteiger partial charge in [0, 0.05) is 17.4 Å². The molecule has 0 aromatic carbocycles. The number of carbonyl (C=O) groups excluding carboxylic acids is 2. The fourth-order valence-corrected chi connectivity index (χ4v) is 9.05. The molecule has 0 aromatic rings. The van der Waals surface area contributed by atoms with Gasteiger partial charge in [-0.2, -0.15) is 0 Å². The number of aliphatic hydroxyl groups excluding tert-OH is 2. The Balaban J connectivity index is 1.55. The SMILES string of the molecule is CC1=C(CO)C[C@H]([C@](C)(O)[C@]2(O)CC[C@@]3(O)[C@@H]4C[C@@H](O)[C@@]5(O)CC=CC(=O)[C@]5(C)[C@H]4CC[C@]23C)OC1=O. The number of ether oxygens (including phenoxy) is 1. The molecule has 5 rings (SSSR count). The number of fused-ring (bicyclic) bond motifs is 5. The van der Waals surface area contributed by atoms with Crippen molar-refractivity contribution in [3.8, 4) is 0 Å². The van der Waals surface area contributed by atoms with E-state index < -0.39 is 63.2 Å². The number of hydrogen-bond acceptors (Lipinski definition) is 9. The van der Waals surface area contributed by atoms with E-state index in [2.05, 4.69) is 0 Å². The number of hydrogen-bond donors (Lipinski definition) is 6. The first-order valence-corrected chi connectivity index (χ1v) is 13.3. The van der Waals surface area contributed by atoms with Crippen molar-refractivity contribution in [2.75, 3.05) is 6.61 Å². The van der Waals surface area contributed by atoms with Crippen LogP contribution in [0.3, 0.4) is 0 Å². The van der Waals surface area contributed by atoms with Gasteiger partial charge >= 0.3 is 5.97 Å². The highest BCUT2D eigenvalue weighted by Crippen LogP contribution is 2.71. The van der Waals surface area contributed by atoms with Crippen molar-refractivity contribution in [2.24, 2.45) is 22.7 Å². The highest BCUT2D eigenvalue weighted by molar-refractivity contribution is 5.97. The van der Waals surface area contributed by atoms with Crippen molar-refractivity contribution < 1.29 is 45.0 Å². The van der Waals surface area contributed by atoms with E-state index in [1.54, 1.807) is 26.8 Å². The minimum absolute atomic E-state index is 0.00630. The molecule has 0 aromatic heterocycles. The number of carbonyl (C=O) groups is 2. The van der Waals surface area contributed by atoms with Crippen LogP contribution in [0.15, 0.2) is 23.3 Å². The molecular formula is C28H40O9. The lowest BCUT2D eigenvalue weighted by Crippen LogP contribution is -2.75. The van der Waals surface area contributed by atoms with Gasteiger partial charge < -0.3 is 35.4 Å². The van der Waals surface area contributed by atoms with Gasteiger partial charge in [0.2, 0.25) is 0 Å². The standard InChI is InChI=1S/C28H40O9/c1-15-16(14-29)12-21(37-22(15)32)25(4,33)28(36)11-10-26(34)18-13-20(31)27(35)8-5-6-19(30)24(27,3)17(18)7-9-23(26,28)2/h5-6,17-18,20-21,29,31,33-36H,7-14H2,1-4H3/t17-,18+,20+,21+,23-,24-,25-,26+,27-,28-/m0/s1. The molecule has 10 atom stereocenters. The zero-order valence-electron chi connectivity index (χ0n) is 22.0. The van der Waals surface area contributed by atoms with Crippen molar-refractivity contribution in [1.29, 1.82) is 0 Å². The topological polar surface area (TPSA) is 165 Å². The first-order chi connectivity index (χ1) is 17.0. The highest BCUT2D eigenvalue weighted by atomic mass is 16.6. The summed E-state index contributed by atoms with van der Waals surface area (Å²) < 4.78 is 5.54. The summed E-state index contributed by atoms with van der Waals surface area (Å²) in [5.74, 6) is -2.01. The molecule has 0 bridgehead atoms. The maximum atomic E-state index is 13.2. The third-order valence-corrected chi connectivity index (χ3v) is 11.8. The molecule has 1 heterocycles. The van der Waals surface area contributed by atoms with Crippen LogP contribution < -0.4 is 0 Å². The van der Waals surface area contributed by atoms with Crippen LogP contribution in [0.4, 0.5) is 0 Å². The molecule has 0 amide bonds. The van der Waals surface area contributed by atoms with Gasteiger partial charge in [0.25, 0.3) is 0 Å². The molecule has 0 unspecified atom stereocenters. The Morgan fingerprint density at radius 2 is 1.76 bits per heavy atom. The Bertz CT molecular complexity index is 1100. The fraction of sp³-hybridized carbons (Fsp3) is 0.786.